The van der Waals surface area contributed by atoms with Gasteiger partial charge < -0.3 is 4.74 Å². The van der Waals surface area contributed by atoms with E-state index in [9.17, 15) is 0 Å². The molecule has 0 fully saturated rings. The molecule has 4 heteroatoms. The molecule has 94 valence electrons. The van der Waals surface area contributed by atoms with Crippen molar-refractivity contribution in [3.8, 4) is 16.9 Å². The summed E-state index contributed by atoms with van der Waals surface area (Å²) < 4.78 is 5.23. The fourth-order valence-electron chi connectivity index (χ4n) is 1.83. The van der Waals surface area contributed by atoms with Gasteiger partial charge in [0.25, 0.3) is 0 Å². The second-order valence-corrected chi connectivity index (χ2v) is 5.09. The van der Waals surface area contributed by atoms with Crippen LogP contribution in [0, 0.1) is 6.92 Å². The van der Waals surface area contributed by atoms with Crippen LogP contribution in [0.4, 0.5) is 0 Å². The Morgan fingerprint density at radius 1 is 0.944 bits per heavy atom. The van der Waals surface area contributed by atoms with E-state index in [0.29, 0.717) is 15.1 Å². The quantitative estimate of drug-likeness (QED) is 0.653. The molecular weight excluding hydrogens is 291 g/mol. The fraction of sp³-hybridized carbons (Fsp3) is 0.143. The van der Waals surface area contributed by atoms with Crippen LogP contribution >= 0.6 is 34.8 Å². The summed E-state index contributed by atoms with van der Waals surface area (Å²) in [5.74, 6) is 0.827. The van der Waals surface area contributed by atoms with Crippen molar-refractivity contribution in [3.05, 3.63) is 51.0 Å². The molecule has 0 N–H and O–H groups in total. The normalized spacial score (nSPS) is 10.5. The molecule has 2 rings (SSSR count). The van der Waals surface area contributed by atoms with Crippen LogP contribution in [-0.4, -0.2) is 7.11 Å². The lowest BCUT2D eigenvalue weighted by molar-refractivity contribution is 0.412. The van der Waals surface area contributed by atoms with Gasteiger partial charge in [-0.25, -0.2) is 0 Å². The first kappa shape index (κ1) is 13.5. The summed E-state index contributed by atoms with van der Waals surface area (Å²) in [7, 11) is 1.64. The molecule has 0 unspecified atom stereocenters. The Kier molecular flexibility index (Phi) is 4.06. The Morgan fingerprint density at radius 2 is 1.61 bits per heavy atom. The van der Waals surface area contributed by atoms with E-state index in [0.717, 1.165) is 22.4 Å². The van der Waals surface area contributed by atoms with E-state index in [1.165, 1.54) is 0 Å². The largest absolute Gasteiger partial charge is 0.496 e. The molecule has 0 bridgehead atoms. The molecule has 0 saturated carbocycles. The summed E-state index contributed by atoms with van der Waals surface area (Å²) in [5, 5.41) is 1.53. The van der Waals surface area contributed by atoms with Crippen molar-refractivity contribution in [3.63, 3.8) is 0 Å². The Labute approximate surface area is 121 Å². The minimum absolute atomic E-state index is 0.466. The van der Waals surface area contributed by atoms with Crippen molar-refractivity contribution in [1.29, 1.82) is 0 Å². The van der Waals surface area contributed by atoms with Crippen molar-refractivity contribution >= 4 is 34.8 Å². The van der Waals surface area contributed by atoms with E-state index >= 15 is 0 Å². The number of methoxy groups -OCH3 is 1. The molecule has 18 heavy (non-hydrogen) atoms. The molecule has 0 aliphatic heterocycles. The third-order valence-corrected chi connectivity index (χ3v) is 3.85. The van der Waals surface area contributed by atoms with E-state index < -0.39 is 0 Å². The highest BCUT2D eigenvalue weighted by atomic mass is 35.5. The predicted molar refractivity (Wildman–Crippen MR) is 78.2 cm³/mol. The van der Waals surface area contributed by atoms with Crippen molar-refractivity contribution in [2.45, 2.75) is 6.92 Å². The molecule has 0 aliphatic rings. The summed E-state index contributed by atoms with van der Waals surface area (Å²) in [6.45, 7) is 1.97. The van der Waals surface area contributed by atoms with E-state index in [1.807, 2.05) is 25.1 Å². The highest BCUT2D eigenvalue weighted by Gasteiger charge is 2.12. The lowest BCUT2D eigenvalue weighted by Gasteiger charge is -2.11. The minimum atomic E-state index is 0.466. The molecule has 0 heterocycles. The molecule has 1 nitrogen and oxygen atoms in total. The van der Waals surface area contributed by atoms with Gasteiger partial charge in [0.15, 0.2) is 0 Å². The lowest BCUT2D eigenvalue weighted by atomic mass is 10.0. The highest BCUT2D eigenvalue weighted by molar-refractivity contribution is 6.46. The fourth-order valence-corrected chi connectivity index (χ4v) is 2.57. The maximum atomic E-state index is 6.21. The maximum absolute atomic E-state index is 6.21. The number of benzene rings is 2. The van der Waals surface area contributed by atoms with Gasteiger partial charge in [0.05, 0.1) is 17.2 Å². The summed E-state index contributed by atoms with van der Waals surface area (Å²) >= 11 is 18.4. The number of rotatable bonds is 2. The van der Waals surface area contributed by atoms with Gasteiger partial charge in [-0.3, -0.25) is 0 Å². The predicted octanol–water partition coefficient (Wildman–Crippen LogP) is 5.63. The van der Waals surface area contributed by atoms with Crippen LogP contribution in [0.15, 0.2) is 30.3 Å². The molecule has 0 amide bonds. The van der Waals surface area contributed by atoms with Crippen molar-refractivity contribution < 1.29 is 4.74 Å². The Bertz CT molecular complexity index is 594. The SMILES string of the molecule is COc1ccc(-c2c(Cl)ccc(Cl)c2Cl)cc1C. The monoisotopic (exact) mass is 300 g/mol. The molecule has 0 radical (unpaired) electrons. The molecule has 2 aromatic carbocycles. The molecule has 2 aromatic rings. The van der Waals surface area contributed by atoms with Gasteiger partial charge in [-0.15, -0.1) is 0 Å². The first-order chi connectivity index (χ1) is 8.54. The van der Waals surface area contributed by atoms with Gasteiger partial charge in [-0.2, -0.15) is 0 Å². The Morgan fingerprint density at radius 3 is 2.22 bits per heavy atom. The van der Waals surface area contributed by atoms with E-state index in [-0.39, 0.29) is 0 Å². The zero-order chi connectivity index (χ0) is 13.3. The Hall–Kier alpha value is -0.890. The zero-order valence-corrected chi connectivity index (χ0v) is 12.2. The van der Waals surface area contributed by atoms with Crippen molar-refractivity contribution in [1.82, 2.24) is 0 Å². The van der Waals surface area contributed by atoms with Gasteiger partial charge in [-0.1, -0.05) is 40.9 Å². The number of hydrogen-bond donors (Lipinski definition) is 0. The number of ether oxygens (including phenoxy) is 1. The summed E-state index contributed by atoms with van der Waals surface area (Å²) in [6, 6.07) is 9.20. The second kappa shape index (κ2) is 5.40. The van der Waals surface area contributed by atoms with Gasteiger partial charge in [0, 0.05) is 10.6 Å². The van der Waals surface area contributed by atoms with Crippen LogP contribution in [0.1, 0.15) is 5.56 Å². The maximum Gasteiger partial charge on any atom is 0.121 e. The van der Waals surface area contributed by atoms with E-state index in [4.69, 9.17) is 39.5 Å². The van der Waals surface area contributed by atoms with Crippen LogP contribution in [0.3, 0.4) is 0 Å². The van der Waals surface area contributed by atoms with Crippen LogP contribution in [0.25, 0.3) is 11.1 Å². The molecular formula is C14H11Cl3O. The molecule has 0 aliphatic carbocycles. The van der Waals surface area contributed by atoms with Crippen molar-refractivity contribution in [2.24, 2.45) is 0 Å². The summed E-state index contributed by atoms with van der Waals surface area (Å²) in [5.41, 5.74) is 2.68. The molecule has 0 spiro atoms. The van der Waals surface area contributed by atoms with Crippen molar-refractivity contribution in [2.75, 3.05) is 7.11 Å². The topological polar surface area (TPSA) is 9.23 Å². The lowest BCUT2D eigenvalue weighted by Crippen LogP contribution is -1.89. The van der Waals surface area contributed by atoms with Crippen LogP contribution in [-0.2, 0) is 0 Å². The third-order valence-electron chi connectivity index (χ3n) is 2.73. The average Bonchev–Trinajstić information content (AvgIpc) is 2.35. The second-order valence-electron chi connectivity index (χ2n) is 3.90. The first-order valence-corrected chi connectivity index (χ1v) is 6.46. The van der Waals surface area contributed by atoms with Gasteiger partial charge in [0.1, 0.15) is 5.75 Å². The number of halogens is 3. The van der Waals surface area contributed by atoms with Crippen LogP contribution in [0.5, 0.6) is 5.75 Å². The number of aryl methyl sites for hydroxylation is 1. The summed E-state index contributed by atoms with van der Waals surface area (Å²) in [6.07, 6.45) is 0. The van der Waals surface area contributed by atoms with Gasteiger partial charge in [0.2, 0.25) is 0 Å². The molecule has 0 saturated heterocycles. The van der Waals surface area contributed by atoms with Crippen LogP contribution in [0.2, 0.25) is 15.1 Å². The standard InChI is InChI=1S/C14H11Cl3O/c1-8-7-9(3-6-12(8)18-2)13-10(15)4-5-11(16)14(13)17/h3-7H,1-2H3. The third kappa shape index (κ3) is 2.44. The zero-order valence-electron chi connectivity index (χ0n) is 9.93. The van der Waals surface area contributed by atoms with Crippen LogP contribution < -0.4 is 4.74 Å². The van der Waals surface area contributed by atoms with E-state index in [1.54, 1.807) is 19.2 Å². The smallest absolute Gasteiger partial charge is 0.121 e. The van der Waals surface area contributed by atoms with E-state index in [2.05, 4.69) is 0 Å². The number of hydrogen-bond acceptors (Lipinski definition) is 1. The average molecular weight is 302 g/mol. The summed E-state index contributed by atoms with van der Waals surface area (Å²) in [4.78, 5) is 0. The Balaban J connectivity index is 2.62. The van der Waals surface area contributed by atoms with Gasteiger partial charge >= 0.3 is 0 Å². The minimum Gasteiger partial charge on any atom is -0.496 e. The first-order valence-electron chi connectivity index (χ1n) is 5.33. The molecule has 0 atom stereocenters. The van der Waals surface area contributed by atoms with Gasteiger partial charge in [-0.05, 0) is 42.3 Å². The molecule has 0 aromatic heterocycles. The highest BCUT2D eigenvalue weighted by Crippen LogP contribution is 2.40.